The fourth-order valence-corrected chi connectivity index (χ4v) is 4.01. The van der Waals surface area contributed by atoms with Crippen molar-refractivity contribution in [3.05, 3.63) is 36.0 Å². The molecule has 31 heavy (non-hydrogen) atoms. The Kier molecular flexibility index (Phi) is 4.86. The first kappa shape index (κ1) is 21.3. The highest BCUT2D eigenvalue weighted by molar-refractivity contribution is 5.70. The van der Waals surface area contributed by atoms with E-state index in [0.717, 1.165) is 24.6 Å². The lowest BCUT2D eigenvalue weighted by Gasteiger charge is -2.59. The lowest BCUT2D eigenvalue weighted by molar-refractivity contribution is -0.274. The molecule has 1 spiro atoms. The number of carbonyl (C=O) groups is 1. The first-order valence-electron chi connectivity index (χ1n) is 9.98. The Morgan fingerprint density at radius 1 is 1.06 bits per heavy atom. The molecule has 168 valence electrons. The van der Waals surface area contributed by atoms with E-state index >= 15 is 0 Å². The van der Waals surface area contributed by atoms with Gasteiger partial charge in [-0.2, -0.15) is 5.10 Å². The normalized spacial score (nSPS) is 17.9. The largest absolute Gasteiger partial charge is 0.573 e. The van der Waals surface area contributed by atoms with Crippen molar-refractivity contribution in [1.29, 1.82) is 0 Å². The first-order valence-corrected chi connectivity index (χ1v) is 9.98. The molecule has 0 aliphatic carbocycles. The van der Waals surface area contributed by atoms with Crippen LogP contribution in [0.4, 0.5) is 23.8 Å². The van der Waals surface area contributed by atoms with Crippen LogP contribution in [-0.4, -0.2) is 58.9 Å². The van der Waals surface area contributed by atoms with Gasteiger partial charge in [-0.25, -0.2) is 9.48 Å². The van der Waals surface area contributed by atoms with E-state index in [9.17, 15) is 18.0 Å². The number of benzene rings is 1. The van der Waals surface area contributed by atoms with Crippen molar-refractivity contribution in [2.24, 2.45) is 5.41 Å². The summed E-state index contributed by atoms with van der Waals surface area (Å²) in [6.07, 6.45) is -5.00. The van der Waals surface area contributed by atoms with E-state index in [1.54, 1.807) is 9.58 Å². The lowest BCUT2D eigenvalue weighted by atomic mass is 9.73. The number of rotatable bonds is 3. The summed E-state index contributed by atoms with van der Waals surface area (Å²) in [6.45, 7) is 10.3. The van der Waals surface area contributed by atoms with Gasteiger partial charge >= 0.3 is 12.5 Å². The van der Waals surface area contributed by atoms with Gasteiger partial charge in [-0.1, -0.05) is 0 Å². The van der Waals surface area contributed by atoms with Gasteiger partial charge in [0, 0.05) is 43.4 Å². The molecule has 3 heterocycles. The van der Waals surface area contributed by atoms with Crippen molar-refractivity contribution >= 4 is 11.9 Å². The van der Waals surface area contributed by atoms with Crippen LogP contribution in [-0.2, 0) is 4.74 Å². The van der Waals surface area contributed by atoms with E-state index in [1.807, 2.05) is 33.8 Å². The minimum atomic E-state index is -4.72. The monoisotopic (exact) mass is 438 g/mol. The number of likely N-dealkylation sites (tertiary alicyclic amines) is 1. The van der Waals surface area contributed by atoms with Gasteiger partial charge in [0.15, 0.2) is 5.82 Å². The highest BCUT2D eigenvalue weighted by Gasteiger charge is 2.54. The molecule has 2 aliphatic rings. The lowest BCUT2D eigenvalue weighted by Crippen LogP contribution is -2.73. The third kappa shape index (κ3) is 4.57. The number of nitrogens with zero attached hydrogens (tertiary/aromatic N) is 4. The number of carbonyl (C=O) groups excluding carboxylic acids is 1. The molecule has 0 N–H and O–H groups in total. The number of aromatic nitrogens is 2. The molecule has 0 unspecified atom stereocenters. The number of halogens is 3. The minimum absolute atomic E-state index is 0.0746. The van der Waals surface area contributed by atoms with Crippen molar-refractivity contribution in [2.45, 2.75) is 39.7 Å². The number of amides is 1. The van der Waals surface area contributed by atoms with E-state index in [1.165, 1.54) is 24.3 Å². The summed E-state index contributed by atoms with van der Waals surface area (Å²) >= 11 is 0. The number of ether oxygens (including phenoxy) is 2. The van der Waals surface area contributed by atoms with E-state index in [4.69, 9.17) is 4.74 Å². The SMILES string of the molecule is Cc1cc(N2CC3(CN(C(=O)OC(C)(C)C)C3)C2)nn1-c1ccc(OC(F)(F)F)cc1. The molecule has 10 heteroatoms. The summed E-state index contributed by atoms with van der Waals surface area (Å²) in [5.74, 6) is 0.528. The van der Waals surface area contributed by atoms with E-state index in [-0.39, 0.29) is 17.3 Å². The van der Waals surface area contributed by atoms with Crippen LogP contribution < -0.4 is 9.64 Å². The number of alkyl halides is 3. The Morgan fingerprint density at radius 2 is 1.68 bits per heavy atom. The third-order valence-electron chi connectivity index (χ3n) is 5.27. The van der Waals surface area contributed by atoms with Gasteiger partial charge in [-0.05, 0) is 52.0 Å². The summed E-state index contributed by atoms with van der Waals surface area (Å²) in [6, 6.07) is 7.54. The van der Waals surface area contributed by atoms with Gasteiger partial charge in [0.25, 0.3) is 0 Å². The molecule has 2 aliphatic heterocycles. The zero-order chi connectivity index (χ0) is 22.6. The van der Waals surface area contributed by atoms with Crippen LogP contribution in [0.3, 0.4) is 0 Å². The van der Waals surface area contributed by atoms with Crippen LogP contribution in [0.2, 0.25) is 0 Å². The summed E-state index contributed by atoms with van der Waals surface area (Å²) in [5.41, 5.74) is 1.08. The fourth-order valence-electron chi connectivity index (χ4n) is 4.01. The summed E-state index contributed by atoms with van der Waals surface area (Å²) in [4.78, 5) is 16.0. The quantitative estimate of drug-likeness (QED) is 0.721. The predicted molar refractivity (Wildman–Crippen MR) is 107 cm³/mol. The van der Waals surface area contributed by atoms with Gasteiger partial charge in [0.1, 0.15) is 11.4 Å². The first-order chi connectivity index (χ1) is 14.3. The number of hydrogen-bond donors (Lipinski definition) is 0. The molecule has 0 saturated carbocycles. The highest BCUT2D eigenvalue weighted by atomic mass is 19.4. The van der Waals surface area contributed by atoms with Gasteiger partial charge in [0.2, 0.25) is 0 Å². The van der Waals surface area contributed by atoms with Gasteiger partial charge in [-0.3, -0.25) is 0 Å². The van der Waals surface area contributed by atoms with Crippen molar-refractivity contribution < 1.29 is 27.4 Å². The molecule has 2 fully saturated rings. The molecule has 0 bridgehead atoms. The Labute approximate surface area is 178 Å². The zero-order valence-corrected chi connectivity index (χ0v) is 17.9. The second-order valence-corrected chi connectivity index (χ2v) is 9.29. The topological polar surface area (TPSA) is 59.8 Å². The highest BCUT2D eigenvalue weighted by Crippen LogP contribution is 2.42. The van der Waals surface area contributed by atoms with Crippen LogP contribution in [0.15, 0.2) is 30.3 Å². The molecule has 4 rings (SSSR count). The minimum Gasteiger partial charge on any atom is -0.444 e. The molecule has 7 nitrogen and oxygen atoms in total. The van der Waals surface area contributed by atoms with Crippen LogP contribution in [0.5, 0.6) is 5.75 Å². The molecule has 1 aromatic heterocycles. The average molecular weight is 438 g/mol. The van der Waals surface area contributed by atoms with Gasteiger partial charge in [-0.15, -0.1) is 13.2 Å². The maximum Gasteiger partial charge on any atom is 0.573 e. The van der Waals surface area contributed by atoms with Crippen molar-refractivity contribution in [3.63, 3.8) is 0 Å². The predicted octanol–water partition coefficient (Wildman–Crippen LogP) is 4.14. The molecule has 0 atom stereocenters. The molecule has 1 amide bonds. The molecular formula is C21H25F3N4O3. The van der Waals surface area contributed by atoms with Crippen LogP contribution in [0.25, 0.3) is 5.69 Å². The van der Waals surface area contributed by atoms with E-state index in [0.29, 0.717) is 18.8 Å². The average Bonchev–Trinajstić information content (AvgIpc) is 2.91. The Hall–Kier alpha value is -2.91. The third-order valence-corrected chi connectivity index (χ3v) is 5.27. The maximum absolute atomic E-state index is 12.3. The van der Waals surface area contributed by atoms with Crippen LogP contribution >= 0.6 is 0 Å². The van der Waals surface area contributed by atoms with Crippen LogP contribution in [0, 0.1) is 12.3 Å². The number of anilines is 1. The number of aryl methyl sites for hydroxylation is 1. The Morgan fingerprint density at radius 3 is 2.23 bits per heavy atom. The van der Waals surface area contributed by atoms with Crippen LogP contribution in [0.1, 0.15) is 26.5 Å². The molecule has 1 aromatic carbocycles. The summed E-state index contributed by atoms with van der Waals surface area (Å²) in [5, 5.41) is 4.61. The number of hydrogen-bond acceptors (Lipinski definition) is 5. The van der Waals surface area contributed by atoms with E-state index in [2.05, 4.69) is 14.7 Å². The van der Waals surface area contributed by atoms with Crippen molar-refractivity contribution in [3.8, 4) is 11.4 Å². The van der Waals surface area contributed by atoms with E-state index < -0.39 is 12.0 Å². The van der Waals surface area contributed by atoms with Crippen molar-refractivity contribution in [1.82, 2.24) is 14.7 Å². The zero-order valence-electron chi connectivity index (χ0n) is 17.9. The van der Waals surface area contributed by atoms with Crippen molar-refractivity contribution in [2.75, 3.05) is 31.1 Å². The molecule has 0 radical (unpaired) electrons. The van der Waals surface area contributed by atoms with Gasteiger partial charge in [0.05, 0.1) is 5.69 Å². The maximum atomic E-state index is 12.3. The second-order valence-electron chi connectivity index (χ2n) is 9.29. The van der Waals surface area contributed by atoms with Gasteiger partial charge < -0.3 is 19.3 Å². The molecule has 2 saturated heterocycles. The molecular weight excluding hydrogens is 413 g/mol. The molecule has 2 aromatic rings. The second kappa shape index (κ2) is 7.06. The standard InChI is InChI=1S/C21H25F3N4O3/c1-14-9-17(25-28(14)15-5-7-16(8-6-15)30-21(22,23)24)26-10-20(11-26)12-27(13-20)18(29)31-19(2,3)4/h5-9H,10-13H2,1-4H3. The fraction of sp³-hybridized carbons (Fsp3) is 0.524. The Bertz CT molecular complexity index is 965. The Balaban J connectivity index is 1.35. The summed E-state index contributed by atoms with van der Waals surface area (Å²) in [7, 11) is 0. The smallest absolute Gasteiger partial charge is 0.444 e. The summed E-state index contributed by atoms with van der Waals surface area (Å²) < 4.78 is 48.0.